The summed E-state index contributed by atoms with van der Waals surface area (Å²) in [7, 11) is 0. The molecule has 0 unspecified atom stereocenters. The highest BCUT2D eigenvalue weighted by atomic mass is 16.2. The third-order valence-electron chi connectivity index (χ3n) is 5.33. The third-order valence-corrected chi connectivity index (χ3v) is 5.33. The molecule has 0 bridgehead atoms. The molecule has 3 aliphatic rings. The monoisotopic (exact) mass is 342 g/mol. The Balaban J connectivity index is 1.58. The SMILES string of the molecule is N[C@@H]1CCCN2C(=O)N(c3ccc(N4CCCCC4=O)cc3)C(=O)[C@H]12. The molecule has 7 heteroatoms. The predicted octanol–water partition coefficient (Wildman–Crippen LogP) is 1.46. The average molecular weight is 342 g/mol. The molecule has 4 rings (SSSR count). The molecule has 3 saturated heterocycles. The van der Waals surface area contributed by atoms with Gasteiger partial charge in [0, 0.05) is 31.2 Å². The van der Waals surface area contributed by atoms with Gasteiger partial charge in [-0.3, -0.25) is 9.59 Å². The molecule has 3 fully saturated rings. The summed E-state index contributed by atoms with van der Waals surface area (Å²) < 4.78 is 0. The summed E-state index contributed by atoms with van der Waals surface area (Å²) in [5, 5.41) is 0. The van der Waals surface area contributed by atoms with Crippen molar-refractivity contribution in [2.75, 3.05) is 22.9 Å². The van der Waals surface area contributed by atoms with Crippen molar-refractivity contribution in [1.82, 2.24) is 4.90 Å². The van der Waals surface area contributed by atoms with E-state index in [1.54, 1.807) is 34.1 Å². The third kappa shape index (κ3) is 2.59. The number of carbonyl (C=O) groups excluding carboxylic acids is 3. The molecule has 1 aromatic rings. The summed E-state index contributed by atoms with van der Waals surface area (Å²) >= 11 is 0. The molecule has 4 amide bonds. The van der Waals surface area contributed by atoms with Crippen LogP contribution in [0.2, 0.25) is 0 Å². The van der Waals surface area contributed by atoms with Crippen LogP contribution in [0.1, 0.15) is 32.1 Å². The Hall–Kier alpha value is -2.41. The number of nitrogens with two attached hydrogens (primary N) is 1. The summed E-state index contributed by atoms with van der Waals surface area (Å²) in [6.07, 6.45) is 4.07. The lowest BCUT2D eigenvalue weighted by Crippen LogP contribution is -2.52. The van der Waals surface area contributed by atoms with Gasteiger partial charge in [-0.1, -0.05) is 0 Å². The summed E-state index contributed by atoms with van der Waals surface area (Å²) in [4.78, 5) is 42.0. The number of nitrogens with zero attached hydrogens (tertiary/aromatic N) is 3. The number of hydrogen-bond acceptors (Lipinski definition) is 4. The number of urea groups is 1. The zero-order valence-electron chi connectivity index (χ0n) is 14.1. The minimum absolute atomic E-state index is 0.121. The highest BCUT2D eigenvalue weighted by Crippen LogP contribution is 2.31. The van der Waals surface area contributed by atoms with Gasteiger partial charge in [-0.05, 0) is 49.9 Å². The second-order valence-corrected chi connectivity index (χ2v) is 6.92. The Morgan fingerprint density at radius 2 is 1.64 bits per heavy atom. The first-order chi connectivity index (χ1) is 12.1. The molecule has 0 aliphatic carbocycles. The maximum atomic E-state index is 12.7. The van der Waals surface area contributed by atoms with Crippen molar-refractivity contribution in [3.8, 4) is 0 Å². The van der Waals surface area contributed by atoms with Crippen LogP contribution in [0, 0.1) is 0 Å². The number of imide groups is 1. The maximum Gasteiger partial charge on any atom is 0.332 e. The van der Waals surface area contributed by atoms with E-state index in [1.807, 2.05) is 0 Å². The fourth-order valence-electron chi connectivity index (χ4n) is 4.01. The van der Waals surface area contributed by atoms with Gasteiger partial charge in [-0.2, -0.15) is 0 Å². The van der Waals surface area contributed by atoms with Crippen LogP contribution in [-0.2, 0) is 9.59 Å². The minimum Gasteiger partial charge on any atom is -0.325 e. The van der Waals surface area contributed by atoms with E-state index in [0.29, 0.717) is 25.2 Å². The molecule has 3 heterocycles. The number of piperidine rings is 2. The molecule has 0 aromatic heterocycles. The van der Waals surface area contributed by atoms with Crippen molar-refractivity contribution in [3.05, 3.63) is 24.3 Å². The average Bonchev–Trinajstić information content (AvgIpc) is 2.88. The molecule has 7 nitrogen and oxygen atoms in total. The molecule has 0 spiro atoms. The molecular formula is C18H22N4O3. The van der Waals surface area contributed by atoms with Crippen molar-refractivity contribution < 1.29 is 14.4 Å². The summed E-state index contributed by atoms with van der Waals surface area (Å²) in [5.41, 5.74) is 7.40. The Labute approximate surface area is 146 Å². The first-order valence-electron chi connectivity index (χ1n) is 8.88. The molecule has 2 N–H and O–H groups in total. The lowest BCUT2D eigenvalue weighted by molar-refractivity contribution is -0.121. The largest absolute Gasteiger partial charge is 0.332 e. The number of fused-ring (bicyclic) bond motifs is 1. The molecule has 0 radical (unpaired) electrons. The van der Waals surface area contributed by atoms with Crippen LogP contribution in [0.4, 0.5) is 16.2 Å². The van der Waals surface area contributed by atoms with Gasteiger partial charge in [0.25, 0.3) is 5.91 Å². The Morgan fingerprint density at radius 1 is 0.920 bits per heavy atom. The van der Waals surface area contributed by atoms with Crippen LogP contribution in [0.5, 0.6) is 0 Å². The van der Waals surface area contributed by atoms with Gasteiger partial charge in [-0.25, -0.2) is 9.69 Å². The fraction of sp³-hybridized carbons (Fsp3) is 0.500. The quantitative estimate of drug-likeness (QED) is 0.825. The van der Waals surface area contributed by atoms with Gasteiger partial charge in [-0.15, -0.1) is 0 Å². The van der Waals surface area contributed by atoms with Crippen molar-refractivity contribution >= 4 is 29.2 Å². The summed E-state index contributed by atoms with van der Waals surface area (Å²) in [6.45, 7) is 1.28. The summed E-state index contributed by atoms with van der Waals surface area (Å²) in [5.74, 6) is -0.130. The Morgan fingerprint density at radius 3 is 2.32 bits per heavy atom. The number of amides is 4. The van der Waals surface area contributed by atoms with Crippen LogP contribution in [0.25, 0.3) is 0 Å². The zero-order chi connectivity index (χ0) is 17.6. The van der Waals surface area contributed by atoms with E-state index in [2.05, 4.69) is 0 Å². The van der Waals surface area contributed by atoms with Gasteiger partial charge in [0.05, 0.1) is 5.69 Å². The van der Waals surface area contributed by atoms with Gasteiger partial charge in [0.1, 0.15) is 6.04 Å². The van der Waals surface area contributed by atoms with E-state index >= 15 is 0 Å². The smallest absolute Gasteiger partial charge is 0.325 e. The molecule has 0 saturated carbocycles. The molecular weight excluding hydrogens is 320 g/mol. The second kappa shape index (κ2) is 6.15. The maximum absolute atomic E-state index is 12.7. The first kappa shape index (κ1) is 16.1. The van der Waals surface area contributed by atoms with Crippen molar-refractivity contribution in [2.45, 2.75) is 44.2 Å². The lowest BCUT2D eigenvalue weighted by atomic mass is 9.98. The number of anilines is 2. The Bertz CT molecular complexity index is 718. The van der Waals surface area contributed by atoms with E-state index < -0.39 is 6.04 Å². The molecule has 132 valence electrons. The van der Waals surface area contributed by atoms with E-state index in [1.165, 1.54) is 4.90 Å². The van der Waals surface area contributed by atoms with Crippen LogP contribution in [0.3, 0.4) is 0 Å². The highest BCUT2D eigenvalue weighted by Gasteiger charge is 2.49. The molecule has 2 atom stereocenters. The molecule has 25 heavy (non-hydrogen) atoms. The normalized spacial score (nSPS) is 27.1. The predicted molar refractivity (Wildman–Crippen MR) is 93.2 cm³/mol. The van der Waals surface area contributed by atoms with E-state index in [4.69, 9.17) is 5.73 Å². The van der Waals surface area contributed by atoms with E-state index in [0.717, 1.165) is 31.4 Å². The van der Waals surface area contributed by atoms with E-state index in [9.17, 15) is 14.4 Å². The van der Waals surface area contributed by atoms with Crippen LogP contribution >= 0.6 is 0 Å². The highest BCUT2D eigenvalue weighted by molar-refractivity contribution is 6.21. The lowest BCUT2D eigenvalue weighted by Gasteiger charge is -2.31. The van der Waals surface area contributed by atoms with Gasteiger partial charge >= 0.3 is 6.03 Å². The van der Waals surface area contributed by atoms with Gasteiger partial charge < -0.3 is 15.5 Å². The van der Waals surface area contributed by atoms with E-state index in [-0.39, 0.29) is 23.9 Å². The van der Waals surface area contributed by atoms with Gasteiger partial charge in [0.2, 0.25) is 5.91 Å². The first-order valence-corrected chi connectivity index (χ1v) is 8.88. The fourth-order valence-corrected chi connectivity index (χ4v) is 4.01. The number of benzene rings is 1. The topological polar surface area (TPSA) is 86.9 Å². The second-order valence-electron chi connectivity index (χ2n) is 6.92. The van der Waals surface area contributed by atoms with Crippen molar-refractivity contribution in [2.24, 2.45) is 5.73 Å². The van der Waals surface area contributed by atoms with Crippen molar-refractivity contribution in [3.63, 3.8) is 0 Å². The van der Waals surface area contributed by atoms with Gasteiger partial charge in [0.15, 0.2) is 0 Å². The molecule has 1 aromatic carbocycles. The van der Waals surface area contributed by atoms with Crippen LogP contribution in [0.15, 0.2) is 24.3 Å². The molecule has 3 aliphatic heterocycles. The standard InChI is InChI=1S/C18H22N4O3/c19-14-4-3-11-21-16(14)17(24)22(18(21)25)13-8-6-12(7-9-13)20-10-2-1-5-15(20)23/h6-9,14,16H,1-5,10-11,19H2/t14-,16+/m1/s1. The minimum atomic E-state index is -0.551. The number of hydrogen-bond donors (Lipinski definition) is 1. The van der Waals surface area contributed by atoms with Crippen molar-refractivity contribution in [1.29, 1.82) is 0 Å². The number of carbonyl (C=O) groups is 3. The van der Waals surface area contributed by atoms with Crippen LogP contribution in [-0.4, -0.2) is 47.9 Å². The zero-order valence-corrected chi connectivity index (χ0v) is 14.1. The van der Waals surface area contributed by atoms with Crippen LogP contribution < -0.4 is 15.5 Å². The number of rotatable bonds is 2. The summed E-state index contributed by atoms with van der Waals surface area (Å²) in [6, 6.07) is 5.91. The Kier molecular flexibility index (Phi) is 3.95.